The summed E-state index contributed by atoms with van der Waals surface area (Å²) >= 11 is 0. The van der Waals surface area contributed by atoms with E-state index in [-0.39, 0.29) is 17.5 Å². The monoisotopic (exact) mass is 377 g/mol. The molecule has 1 amide bonds. The number of rotatable bonds is 4. The second kappa shape index (κ2) is 7.80. The van der Waals surface area contributed by atoms with Crippen molar-refractivity contribution in [1.82, 2.24) is 24.2 Å². The van der Waals surface area contributed by atoms with Crippen molar-refractivity contribution in [2.75, 3.05) is 13.1 Å². The van der Waals surface area contributed by atoms with E-state index in [1.165, 1.54) is 4.68 Å². The highest BCUT2D eigenvalue weighted by molar-refractivity contribution is 5.78. The summed E-state index contributed by atoms with van der Waals surface area (Å²) in [6, 6.07) is 13.3. The topological polar surface area (TPSA) is 73.0 Å². The van der Waals surface area contributed by atoms with Crippen LogP contribution < -0.4 is 5.69 Å². The molecule has 0 N–H and O–H groups in total. The van der Waals surface area contributed by atoms with Gasteiger partial charge in [0.15, 0.2) is 0 Å². The van der Waals surface area contributed by atoms with Crippen LogP contribution in [0.1, 0.15) is 30.1 Å². The van der Waals surface area contributed by atoms with Gasteiger partial charge in [0, 0.05) is 38.4 Å². The Morgan fingerprint density at radius 1 is 1.14 bits per heavy atom. The van der Waals surface area contributed by atoms with E-state index in [0.29, 0.717) is 13.0 Å². The third-order valence-corrected chi connectivity index (χ3v) is 5.21. The van der Waals surface area contributed by atoms with Crippen LogP contribution in [0.5, 0.6) is 0 Å². The molecule has 7 heteroatoms. The first-order valence-corrected chi connectivity index (χ1v) is 9.51. The van der Waals surface area contributed by atoms with Crippen molar-refractivity contribution in [2.45, 2.75) is 25.2 Å². The SMILES string of the molecule is Cn1nc([C@H]2CCCN(C(=O)Cc3ccncc3)C2)n(-c2ccccc2)c1=O. The Balaban J connectivity index is 1.58. The lowest BCUT2D eigenvalue weighted by Crippen LogP contribution is -2.40. The summed E-state index contributed by atoms with van der Waals surface area (Å²) in [6.45, 7) is 1.32. The predicted octanol–water partition coefficient (Wildman–Crippen LogP) is 1.91. The molecule has 28 heavy (non-hydrogen) atoms. The van der Waals surface area contributed by atoms with Gasteiger partial charge in [-0.25, -0.2) is 14.0 Å². The Labute approximate surface area is 163 Å². The molecule has 0 unspecified atom stereocenters. The number of carbonyl (C=O) groups excluding carboxylic acids is 1. The largest absolute Gasteiger partial charge is 0.350 e. The molecule has 1 atom stereocenters. The first kappa shape index (κ1) is 18.2. The Hall–Kier alpha value is -3.22. The van der Waals surface area contributed by atoms with E-state index in [1.807, 2.05) is 47.4 Å². The van der Waals surface area contributed by atoms with E-state index >= 15 is 0 Å². The van der Waals surface area contributed by atoms with Crippen molar-refractivity contribution >= 4 is 5.91 Å². The van der Waals surface area contributed by atoms with Gasteiger partial charge in [-0.15, -0.1) is 0 Å². The summed E-state index contributed by atoms with van der Waals surface area (Å²) in [5, 5.41) is 4.51. The molecule has 1 aliphatic heterocycles. The highest BCUT2D eigenvalue weighted by Gasteiger charge is 2.29. The van der Waals surface area contributed by atoms with Crippen molar-refractivity contribution < 1.29 is 4.79 Å². The smallest absolute Gasteiger partial charge is 0.342 e. The summed E-state index contributed by atoms with van der Waals surface area (Å²) in [5.74, 6) is 0.852. The van der Waals surface area contributed by atoms with Gasteiger partial charge in [0.2, 0.25) is 5.91 Å². The molecule has 0 spiro atoms. The average Bonchev–Trinajstić information content (AvgIpc) is 3.04. The number of carbonyl (C=O) groups is 1. The maximum absolute atomic E-state index is 12.8. The van der Waals surface area contributed by atoms with Crippen molar-refractivity contribution in [2.24, 2.45) is 7.05 Å². The molecule has 0 bridgehead atoms. The normalized spacial score (nSPS) is 16.9. The summed E-state index contributed by atoms with van der Waals surface area (Å²) in [4.78, 5) is 31.3. The number of aryl methyl sites for hydroxylation is 1. The Morgan fingerprint density at radius 3 is 2.64 bits per heavy atom. The van der Waals surface area contributed by atoms with E-state index in [4.69, 9.17) is 0 Å². The fourth-order valence-electron chi connectivity index (χ4n) is 3.77. The fourth-order valence-corrected chi connectivity index (χ4v) is 3.77. The van der Waals surface area contributed by atoms with Crippen LogP contribution >= 0.6 is 0 Å². The first-order valence-electron chi connectivity index (χ1n) is 9.51. The minimum atomic E-state index is -0.165. The molecule has 0 radical (unpaired) electrons. The number of pyridine rings is 1. The summed E-state index contributed by atoms with van der Waals surface area (Å²) in [7, 11) is 1.67. The molecule has 1 saturated heterocycles. The van der Waals surface area contributed by atoms with Gasteiger partial charge in [-0.05, 0) is 42.7 Å². The van der Waals surface area contributed by atoms with Crippen LogP contribution in [0.3, 0.4) is 0 Å². The number of nitrogens with zero attached hydrogens (tertiary/aromatic N) is 5. The van der Waals surface area contributed by atoms with Crippen LogP contribution in [0.2, 0.25) is 0 Å². The molecule has 7 nitrogen and oxygen atoms in total. The molecular weight excluding hydrogens is 354 g/mol. The molecular formula is C21H23N5O2. The Bertz CT molecular complexity index is 1010. The molecule has 1 aromatic carbocycles. The lowest BCUT2D eigenvalue weighted by atomic mass is 9.96. The third-order valence-electron chi connectivity index (χ3n) is 5.21. The minimum Gasteiger partial charge on any atom is -0.342 e. The Morgan fingerprint density at radius 2 is 1.89 bits per heavy atom. The van der Waals surface area contributed by atoms with Crippen LogP contribution in [0, 0.1) is 0 Å². The molecule has 3 aromatic rings. The van der Waals surface area contributed by atoms with Crippen LogP contribution in [0.4, 0.5) is 0 Å². The molecule has 4 rings (SSSR count). The van der Waals surface area contributed by atoms with Crippen LogP contribution in [-0.2, 0) is 18.3 Å². The standard InChI is InChI=1S/C21H23N5O2/c1-24-21(28)26(18-7-3-2-4-8-18)20(23-24)17-6-5-13-25(15-17)19(27)14-16-9-11-22-12-10-16/h2-4,7-12,17H,5-6,13-15H2,1H3/t17-/m0/s1. The fraction of sp³-hybridized carbons (Fsp3) is 0.333. The van der Waals surface area contributed by atoms with Gasteiger partial charge in [0.05, 0.1) is 12.1 Å². The highest BCUT2D eigenvalue weighted by atomic mass is 16.2. The van der Waals surface area contributed by atoms with Crippen molar-refractivity contribution in [3.05, 3.63) is 76.7 Å². The molecule has 1 fully saturated rings. The zero-order valence-electron chi connectivity index (χ0n) is 15.9. The average molecular weight is 377 g/mol. The molecule has 0 saturated carbocycles. The zero-order chi connectivity index (χ0) is 19.5. The van der Waals surface area contributed by atoms with Crippen LogP contribution in [0.15, 0.2) is 59.7 Å². The summed E-state index contributed by atoms with van der Waals surface area (Å²) < 4.78 is 3.04. The third kappa shape index (κ3) is 3.60. The number of hydrogen-bond acceptors (Lipinski definition) is 4. The van der Waals surface area contributed by atoms with Gasteiger partial charge in [0.25, 0.3) is 0 Å². The number of hydrogen-bond donors (Lipinski definition) is 0. The molecule has 3 heterocycles. The molecule has 1 aliphatic rings. The van der Waals surface area contributed by atoms with Gasteiger partial charge < -0.3 is 4.90 Å². The van der Waals surface area contributed by atoms with E-state index in [0.717, 1.165) is 36.5 Å². The van der Waals surface area contributed by atoms with Crippen LogP contribution in [0.25, 0.3) is 5.69 Å². The van der Waals surface area contributed by atoms with Gasteiger partial charge in [0.1, 0.15) is 5.82 Å². The molecule has 144 valence electrons. The van der Waals surface area contributed by atoms with Gasteiger partial charge >= 0.3 is 5.69 Å². The van der Waals surface area contributed by atoms with Crippen molar-refractivity contribution in [1.29, 1.82) is 0 Å². The zero-order valence-corrected chi connectivity index (χ0v) is 15.9. The second-order valence-electron chi connectivity index (χ2n) is 7.15. The summed E-state index contributed by atoms with van der Waals surface area (Å²) in [5.41, 5.74) is 1.60. The van der Waals surface area contributed by atoms with Crippen molar-refractivity contribution in [3.8, 4) is 5.69 Å². The lowest BCUT2D eigenvalue weighted by molar-refractivity contribution is -0.131. The quantitative estimate of drug-likeness (QED) is 0.696. The van der Waals surface area contributed by atoms with Gasteiger partial charge in [-0.1, -0.05) is 18.2 Å². The number of para-hydroxylation sites is 1. The number of likely N-dealkylation sites (tertiary alicyclic amines) is 1. The predicted molar refractivity (Wildman–Crippen MR) is 105 cm³/mol. The van der Waals surface area contributed by atoms with Gasteiger partial charge in [-0.2, -0.15) is 5.10 Å². The number of benzene rings is 1. The molecule has 0 aliphatic carbocycles. The minimum absolute atomic E-state index is 0.0317. The molecule has 2 aromatic heterocycles. The maximum atomic E-state index is 12.8. The van der Waals surface area contributed by atoms with Crippen LogP contribution in [-0.4, -0.2) is 43.2 Å². The second-order valence-corrected chi connectivity index (χ2v) is 7.15. The number of piperidine rings is 1. The Kier molecular flexibility index (Phi) is 5.06. The van der Waals surface area contributed by atoms with E-state index < -0.39 is 0 Å². The van der Waals surface area contributed by atoms with Gasteiger partial charge in [-0.3, -0.25) is 9.78 Å². The number of aromatic nitrogens is 4. The highest BCUT2D eigenvalue weighted by Crippen LogP contribution is 2.27. The van der Waals surface area contributed by atoms with E-state index in [2.05, 4.69) is 10.1 Å². The number of amides is 1. The van der Waals surface area contributed by atoms with E-state index in [1.54, 1.807) is 24.0 Å². The first-order chi connectivity index (χ1) is 13.6. The maximum Gasteiger partial charge on any atom is 0.350 e. The van der Waals surface area contributed by atoms with Crippen molar-refractivity contribution in [3.63, 3.8) is 0 Å². The van der Waals surface area contributed by atoms with E-state index in [9.17, 15) is 9.59 Å². The summed E-state index contributed by atoms with van der Waals surface area (Å²) in [6.07, 6.45) is 5.57. The lowest BCUT2D eigenvalue weighted by Gasteiger charge is -2.32.